The van der Waals surface area contributed by atoms with Crippen molar-refractivity contribution in [1.29, 1.82) is 0 Å². The van der Waals surface area contributed by atoms with Gasteiger partial charge in [-0.1, -0.05) is 25.0 Å². The van der Waals surface area contributed by atoms with Gasteiger partial charge in [0.1, 0.15) is 0 Å². The molecule has 1 aliphatic rings. The molecule has 20 heavy (non-hydrogen) atoms. The van der Waals surface area contributed by atoms with Gasteiger partial charge in [-0.05, 0) is 30.5 Å². The summed E-state index contributed by atoms with van der Waals surface area (Å²) < 4.78 is 0. The minimum Gasteiger partial charge on any atom is -0.388 e. The van der Waals surface area contributed by atoms with Crippen LogP contribution in [0, 0.1) is 0 Å². The van der Waals surface area contributed by atoms with Crippen LogP contribution in [0.5, 0.6) is 0 Å². The van der Waals surface area contributed by atoms with E-state index in [1.165, 1.54) is 0 Å². The molecule has 1 aromatic carbocycles. The van der Waals surface area contributed by atoms with Gasteiger partial charge in [0.2, 0.25) is 0 Å². The Morgan fingerprint density at radius 2 is 2.15 bits per heavy atom. The van der Waals surface area contributed by atoms with Crippen LogP contribution >= 0.6 is 0 Å². The van der Waals surface area contributed by atoms with Crippen LogP contribution in [0.3, 0.4) is 0 Å². The number of carbonyl (C=O) groups is 1. The first kappa shape index (κ1) is 14.8. The lowest BCUT2D eigenvalue weighted by atomic mass is 10.0. The Kier molecular flexibility index (Phi) is 4.62. The number of nitrogens with two attached hydrogens (primary N) is 1. The van der Waals surface area contributed by atoms with Gasteiger partial charge >= 0.3 is 6.03 Å². The summed E-state index contributed by atoms with van der Waals surface area (Å²) in [6, 6.07) is 7.26. The predicted octanol–water partition coefficient (Wildman–Crippen LogP) is 1.91. The summed E-state index contributed by atoms with van der Waals surface area (Å²) in [5, 5.41) is 13.1. The number of aliphatic hydroxyl groups is 1. The summed E-state index contributed by atoms with van der Waals surface area (Å²) in [5.41, 5.74) is 6.56. The highest BCUT2D eigenvalue weighted by molar-refractivity contribution is 5.89. The first-order valence-corrected chi connectivity index (χ1v) is 7.06. The first-order valence-electron chi connectivity index (χ1n) is 7.06. The van der Waals surface area contributed by atoms with Gasteiger partial charge in [0.25, 0.3) is 0 Å². The van der Waals surface area contributed by atoms with Gasteiger partial charge in [-0.15, -0.1) is 0 Å². The lowest BCUT2D eigenvalue weighted by Crippen LogP contribution is -2.43. The Bertz CT molecular complexity index is 470. The molecule has 5 heteroatoms. The lowest BCUT2D eigenvalue weighted by Gasteiger charge is -2.28. The second-order valence-corrected chi connectivity index (χ2v) is 5.62. The molecular formula is C15H23N3O2. The summed E-state index contributed by atoms with van der Waals surface area (Å²) in [6.45, 7) is 0.814. The van der Waals surface area contributed by atoms with E-state index in [0.29, 0.717) is 13.1 Å². The molecule has 0 unspecified atom stereocenters. The van der Waals surface area contributed by atoms with Crippen molar-refractivity contribution in [2.75, 3.05) is 18.9 Å². The van der Waals surface area contributed by atoms with Crippen LogP contribution in [-0.4, -0.2) is 35.2 Å². The number of urea groups is 1. The molecule has 0 heterocycles. The van der Waals surface area contributed by atoms with E-state index in [4.69, 9.17) is 5.73 Å². The number of benzene rings is 1. The zero-order valence-corrected chi connectivity index (χ0v) is 11.9. The Balaban J connectivity index is 1.93. The van der Waals surface area contributed by atoms with Crippen LogP contribution in [0.1, 0.15) is 31.2 Å². The van der Waals surface area contributed by atoms with Crippen molar-refractivity contribution in [2.24, 2.45) is 5.73 Å². The van der Waals surface area contributed by atoms with Crippen molar-refractivity contribution in [3.05, 3.63) is 29.8 Å². The Hall–Kier alpha value is -1.59. The first-order chi connectivity index (χ1) is 9.52. The molecule has 2 rings (SSSR count). The van der Waals surface area contributed by atoms with Crippen molar-refractivity contribution >= 4 is 11.7 Å². The second-order valence-electron chi connectivity index (χ2n) is 5.62. The van der Waals surface area contributed by atoms with Crippen molar-refractivity contribution in [3.63, 3.8) is 0 Å². The monoisotopic (exact) mass is 277 g/mol. The number of nitrogens with one attached hydrogen (secondary N) is 1. The molecule has 0 bridgehead atoms. The largest absolute Gasteiger partial charge is 0.388 e. The summed E-state index contributed by atoms with van der Waals surface area (Å²) in [6.07, 6.45) is 3.61. The summed E-state index contributed by atoms with van der Waals surface area (Å²) >= 11 is 0. The van der Waals surface area contributed by atoms with Gasteiger partial charge in [-0.3, -0.25) is 0 Å². The third-order valence-corrected chi connectivity index (χ3v) is 3.83. The molecule has 5 nitrogen and oxygen atoms in total. The average Bonchev–Trinajstić information content (AvgIpc) is 2.85. The highest BCUT2D eigenvalue weighted by atomic mass is 16.3. The molecule has 0 radical (unpaired) electrons. The van der Waals surface area contributed by atoms with Crippen molar-refractivity contribution in [3.8, 4) is 0 Å². The smallest absolute Gasteiger partial charge is 0.321 e. The molecule has 0 aliphatic heterocycles. The molecule has 2 amide bonds. The molecule has 1 fully saturated rings. The van der Waals surface area contributed by atoms with Crippen LogP contribution in [0.2, 0.25) is 0 Å². The molecule has 1 aliphatic carbocycles. The van der Waals surface area contributed by atoms with E-state index in [2.05, 4.69) is 5.32 Å². The molecule has 110 valence electrons. The van der Waals surface area contributed by atoms with E-state index in [0.717, 1.165) is 36.9 Å². The molecule has 0 aromatic heterocycles. The summed E-state index contributed by atoms with van der Waals surface area (Å²) in [5.74, 6) is 0. The van der Waals surface area contributed by atoms with Gasteiger partial charge in [0.15, 0.2) is 0 Å². The van der Waals surface area contributed by atoms with Crippen molar-refractivity contribution in [2.45, 2.75) is 37.8 Å². The fourth-order valence-corrected chi connectivity index (χ4v) is 2.70. The number of hydrogen-bond donors (Lipinski definition) is 3. The second kappa shape index (κ2) is 6.24. The Morgan fingerprint density at radius 3 is 2.80 bits per heavy atom. The number of hydrogen-bond acceptors (Lipinski definition) is 3. The van der Waals surface area contributed by atoms with Crippen molar-refractivity contribution < 1.29 is 9.90 Å². The van der Waals surface area contributed by atoms with E-state index in [1.807, 2.05) is 24.3 Å². The topological polar surface area (TPSA) is 78.6 Å². The normalized spacial score (nSPS) is 16.9. The Morgan fingerprint density at radius 1 is 1.45 bits per heavy atom. The standard InChI is InChI=1S/C15H23N3O2/c1-18(11-15(20)7-2-3-8-15)14(19)17-13-6-4-5-12(9-13)10-16/h4-6,9,20H,2-3,7-8,10-11,16H2,1H3,(H,17,19). The maximum atomic E-state index is 12.1. The number of likely N-dealkylation sites (N-methyl/N-ethyl adjacent to an activating group) is 1. The molecule has 4 N–H and O–H groups in total. The van der Waals surface area contributed by atoms with Gasteiger partial charge in [0.05, 0.1) is 12.1 Å². The molecule has 0 spiro atoms. The number of carbonyl (C=O) groups excluding carboxylic acids is 1. The minimum absolute atomic E-state index is 0.209. The maximum absolute atomic E-state index is 12.1. The maximum Gasteiger partial charge on any atom is 0.321 e. The fraction of sp³-hybridized carbons (Fsp3) is 0.533. The van der Waals surface area contributed by atoms with Crippen LogP contribution < -0.4 is 11.1 Å². The number of rotatable bonds is 4. The average molecular weight is 277 g/mol. The molecule has 1 aromatic rings. The van der Waals surface area contributed by atoms with Gasteiger partial charge in [0, 0.05) is 19.3 Å². The van der Waals surface area contributed by atoms with Crippen LogP contribution in [-0.2, 0) is 6.54 Å². The molecular weight excluding hydrogens is 254 g/mol. The SMILES string of the molecule is CN(CC1(O)CCCC1)C(=O)Nc1cccc(CN)c1. The zero-order valence-electron chi connectivity index (χ0n) is 11.9. The third-order valence-electron chi connectivity index (χ3n) is 3.83. The number of nitrogens with zero attached hydrogens (tertiary/aromatic N) is 1. The van der Waals surface area contributed by atoms with E-state index in [-0.39, 0.29) is 6.03 Å². The van der Waals surface area contributed by atoms with E-state index in [9.17, 15) is 9.90 Å². The van der Waals surface area contributed by atoms with Gasteiger partial charge in [-0.25, -0.2) is 4.79 Å². The van der Waals surface area contributed by atoms with Gasteiger partial charge in [-0.2, -0.15) is 0 Å². The lowest BCUT2D eigenvalue weighted by molar-refractivity contribution is 0.0261. The quantitative estimate of drug-likeness (QED) is 0.786. The fourth-order valence-electron chi connectivity index (χ4n) is 2.70. The molecule has 0 atom stereocenters. The van der Waals surface area contributed by atoms with E-state index in [1.54, 1.807) is 11.9 Å². The van der Waals surface area contributed by atoms with Gasteiger partial charge < -0.3 is 21.1 Å². The highest BCUT2D eigenvalue weighted by Gasteiger charge is 2.33. The van der Waals surface area contributed by atoms with Crippen LogP contribution in [0.4, 0.5) is 10.5 Å². The third kappa shape index (κ3) is 3.71. The number of amides is 2. The molecule has 1 saturated carbocycles. The number of anilines is 1. The minimum atomic E-state index is -0.717. The van der Waals surface area contributed by atoms with Crippen LogP contribution in [0.15, 0.2) is 24.3 Å². The predicted molar refractivity (Wildman–Crippen MR) is 79.4 cm³/mol. The van der Waals surface area contributed by atoms with Crippen LogP contribution in [0.25, 0.3) is 0 Å². The zero-order chi connectivity index (χ0) is 14.6. The van der Waals surface area contributed by atoms with E-state index >= 15 is 0 Å². The highest BCUT2D eigenvalue weighted by Crippen LogP contribution is 2.30. The van der Waals surface area contributed by atoms with Crippen molar-refractivity contribution in [1.82, 2.24) is 4.90 Å². The molecule has 0 saturated heterocycles. The Labute approximate surface area is 119 Å². The summed E-state index contributed by atoms with van der Waals surface area (Å²) in [7, 11) is 1.71. The summed E-state index contributed by atoms with van der Waals surface area (Å²) in [4.78, 5) is 13.7. The van der Waals surface area contributed by atoms with E-state index < -0.39 is 5.60 Å².